The highest BCUT2D eigenvalue weighted by Gasteiger charge is 2.02. The Morgan fingerprint density at radius 3 is 2.25 bits per heavy atom. The molecule has 0 unspecified atom stereocenters. The topological polar surface area (TPSA) is 41.1 Å². The molecule has 20 heavy (non-hydrogen) atoms. The lowest BCUT2D eigenvalue weighted by Gasteiger charge is -2.08. The van der Waals surface area contributed by atoms with Crippen LogP contribution in [0.25, 0.3) is 0 Å². The van der Waals surface area contributed by atoms with Gasteiger partial charge in [0.2, 0.25) is 5.91 Å². The minimum absolute atomic E-state index is 0.00642. The Morgan fingerprint density at radius 2 is 1.60 bits per heavy atom. The second-order valence-corrected chi connectivity index (χ2v) is 5.51. The van der Waals surface area contributed by atoms with Crippen LogP contribution in [0.3, 0.4) is 0 Å². The monoisotopic (exact) mass is 332 g/mol. The van der Waals surface area contributed by atoms with E-state index in [1.54, 1.807) is 0 Å². The first kappa shape index (κ1) is 14.6. The molecular formula is C16H17BrN2O. The van der Waals surface area contributed by atoms with Crippen LogP contribution >= 0.6 is 15.9 Å². The number of anilines is 2. The summed E-state index contributed by atoms with van der Waals surface area (Å²) in [4.78, 5) is 11.8. The van der Waals surface area contributed by atoms with Crippen molar-refractivity contribution in [3.05, 3.63) is 58.6 Å². The van der Waals surface area contributed by atoms with Crippen LogP contribution in [0.4, 0.5) is 11.4 Å². The van der Waals surface area contributed by atoms with E-state index >= 15 is 0 Å². The first-order chi connectivity index (χ1) is 9.63. The zero-order valence-electron chi connectivity index (χ0n) is 11.3. The van der Waals surface area contributed by atoms with E-state index in [1.807, 2.05) is 48.5 Å². The SMILES string of the molecule is Cc1ccc(NCCC(=O)Nc2ccc(Br)cc2)cc1. The van der Waals surface area contributed by atoms with Gasteiger partial charge in [-0.2, -0.15) is 0 Å². The van der Waals surface area contributed by atoms with Gasteiger partial charge in [-0.1, -0.05) is 33.6 Å². The Labute approximate surface area is 127 Å². The lowest BCUT2D eigenvalue weighted by Crippen LogP contribution is -2.16. The third-order valence-electron chi connectivity index (χ3n) is 2.86. The fourth-order valence-corrected chi connectivity index (χ4v) is 2.01. The summed E-state index contributed by atoms with van der Waals surface area (Å²) < 4.78 is 0.997. The lowest BCUT2D eigenvalue weighted by atomic mass is 10.2. The van der Waals surface area contributed by atoms with Crippen LogP contribution in [0.5, 0.6) is 0 Å². The third kappa shape index (κ3) is 4.70. The van der Waals surface area contributed by atoms with Gasteiger partial charge < -0.3 is 10.6 Å². The van der Waals surface area contributed by atoms with Crippen LogP contribution in [0.2, 0.25) is 0 Å². The highest BCUT2D eigenvalue weighted by atomic mass is 79.9. The lowest BCUT2D eigenvalue weighted by molar-refractivity contribution is -0.115. The fourth-order valence-electron chi connectivity index (χ4n) is 1.75. The zero-order valence-corrected chi connectivity index (χ0v) is 12.9. The smallest absolute Gasteiger partial charge is 0.226 e. The normalized spacial score (nSPS) is 10.1. The van der Waals surface area contributed by atoms with E-state index < -0.39 is 0 Å². The molecule has 0 radical (unpaired) electrons. The maximum atomic E-state index is 11.8. The van der Waals surface area contributed by atoms with Gasteiger partial charge in [0.15, 0.2) is 0 Å². The summed E-state index contributed by atoms with van der Waals surface area (Å²) >= 11 is 3.36. The molecule has 1 amide bonds. The molecule has 0 aliphatic heterocycles. The second kappa shape index (κ2) is 7.10. The molecule has 0 atom stereocenters. The predicted molar refractivity (Wildman–Crippen MR) is 87.1 cm³/mol. The van der Waals surface area contributed by atoms with E-state index in [-0.39, 0.29) is 5.91 Å². The van der Waals surface area contributed by atoms with Gasteiger partial charge in [-0.15, -0.1) is 0 Å². The van der Waals surface area contributed by atoms with Crippen molar-refractivity contribution in [1.29, 1.82) is 0 Å². The maximum Gasteiger partial charge on any atom is 0.226 e. The summed E-state index contributed by atoms with van der Waals surface area (Å²) in [7, 11) is 0. The quantitative estimate of drug-likeness (QED) is 0.861. The molecule has 0 aliphatic rings. The molecule has 2 rings (SSSR count). The minimum atomic E-state index is 0.00642. The van der Waals surface area contributed by atoms with Crippen molar-refractivity contribution in [2.24, 2.45) is 0 Å². The Balaban J connectivity index is 1.75. The van der Waals surface area contributed by atoms with Crippen molar-refractivity contribution in [1.82, 2.24) is 0 Å². The molecule has 2 aromatic rings. The van der Waals surface area contributed by atoms with Crippen LogP contribution < -0.4 is 10.6 Å². The standard InChI is InChI=1S/C16H17BrN2O/c1-12-2-6-14(7-3-12)18-11-10-16(20)19-15-8-4-13(17)5-9-15/h2-9,18H,10-11H2,1H3,(H,19,20). The number of halogens is 1. The molecule has 0 spiro atoms. The van der Waals surface area contributed by atoms with E-state index in [0.717, 1.165) is 15.8 Å². The molecule has 0 saturated carbocycles. The van der Waals surface area contributed by atoms with E-state index in [2.05, 4.69) is 33.5 Å². The molecule has 0 aromatic heterocycles. The average molecular weight is 333 g/mol. The number of nitrogens with one attached hydrogen (secondary N) is 2. The average Bonchev–Trinajstić information content (AvgIpc) is 2.44. The molecule has 0 fully saturated rings. The van der Waals surface area contributed by atoms with Gasteiger partial charge in [0.1, 0.15) is 0 Å². The largest absolute Gasteiger partial charge is 0.385 e. The summed E-state index contributed by atoms with van der Waals surface area (Å²) in [5.41, 5.74) is 3.07. The summed E-state index contributed by atoms with van der Waals surface area (Å²) in [5, 5.41) is 6.09. The van der Waals surface area contributed by atoms with Gasteiger partial charge >= 0.3 is 0 Å². The summed E-state index contributed by atoms with van der Waals surface area (Å²) in [6.45, 7) is 2.67. The summed E-state index contributed by atoms with van der Waals surface area (Å²) in [6, 6.07) is 15.7. The van der Waals surface area contributed by atoms with Crippen LogP contribution in [-0.4, -0.2) is 12.5 Å². The Hall–Kier alpha value is -1.81. The number of hydrogen-bond donors (Lipinski definition) is 2. The molecule has 2 N–H and O–H groups in total. The van der Waals surface area contributed by atoms with Gasteiger partial charge in [-0.3, -0.25) is 4.79 Å². The van der Waals surface area contributed by atoms with E-state index in [4.69, 9.17) is 0 Å². The Morgan fingerprint density at radius 1 is 1.00 bits per heavy atom. The van der Waals surface area contributed by atoms with Crippen LogP contribution in [0, 0.1) is 6.92 Å². The second-order valence-electron chi connectivity index (χ2n) is 4.60. The van der Waals surface area contributed by atoms with Gasteiger partial charge in [0.05, 0.1) is 0 Å². The van der Waals surface area contributed by atoms with Gasteiger partial charge in [-0.05, 0) is 43.3 Å². The number of amides is 1. The fraction of sp³-hybridized carbons (Fsp3) is 0.188. The third-order valence-corrected chi connectivity index (χ3v) is 3.39. The molecular weight excluding hydrogens is 316 g/mol. The van der Waals surface area contributed by atoms with E-state index in [0.29, 0.717) is 13.0 Å². The molecule has 2 aromatic carbocycles. The molecule has 0 heterocycles. The number of hydrogen-bond acceptors (Lipinski definition) is 2. The van der Waals surface area contributed by atoms with Crippen molar-refractivity contribution >= 4 is 33.2 Å². The number of aryl methyl sites for hydroxylation is 1. The molecule has 0 saturated heterocycles. The van der Waals surface area contributed by atoms with Crippen molar-refractivity contribution in [2.45, 2.75) is 13.3 Å². The summed E-state index contributed by atoms with van der Waals surface area (Å²) in [5.74, 6) is 0.00642. The molecule has 0 aliphatic carbocycles. The van der Waals surface area contributed by atoms with E-state index in [1.165, 1.54) is 5.56 Å². The number of carbonyl (C=O) groups excluding carboxylic acids is 1. The highest BCUT2D eigenvalue weighted by molar-refractivity contribution is 9.10. The molecule has 3 nitrogen and oxygen atoms in total. The summed E-state index contributed by atoms with van der Waals surface area (Å²) in [6.07, 6.45) is 0.434. The maximum absolute atomic E-state index is 11.8. The van der Waals surface area contributed by atoms with Crippen molar-refractivity contribution in [2.75, 3.05) is 17.2 Å². The Kier molecular flexibility index (Phi) is 5.18. The molecule has 0 bridgehead atoms. The predicted octanol–water partition coefficient (Wildman–Crippen LogP) is 4.20. The van der Waals surface area contributed by atoms with Gasteiger partial charge in [-0.25, -0.2) is 0 Å². The number of rotatable bonds is 5. The van der Waals surface area contributed by atoms with Crippen LogP contribution in [0.1, 0.15) is 12.0 Å². The van der Waals surface area contributed by atoms with Gasteiger partial charge in [0.25, 0.3) is 0 Å². The van der Waals surface area contributed by atoms with Crippen LogP contribution in [-0.2, 0) is 4.79 Å². The van der Waals surface area contributed by atoms with Crippen molar-refractivity contribution < 1.29 is 4.79 Å². The first-order valence-electron chi connectivity index (χ1n) is 6.49. The Bertz CT molecular complexity index is 564. The highest BCUT2D eigenvalue weighted by Crippen LogP contribution is 2.14. The molecule has 104 valence electrons. The van der Waals surface area contributed by atoms with E-state index in [9.17, 15) is 4.79 Å². The van der Waals surface area contributed by atoms with Crippen LogP contribution in [0.15, 0.2) is 53.0 Å². The van der Waals surface area contributed by atoms with Gasteiger partial charge in [0, 0.05) is 28.8 Å². The van der Waals surface area contributed by atoms with Crippen molar-refractivity contribution in [3.63, 3.8) is 0 Å². The number of benzene rings is 2. The molecule has 4 heteroatoms. The number of carbonyl (C=O) groups is 1. The first-order valence-corrected chi connectivity index (χ1v) is 7.29. The van der Waals surface area contributed by atoms with Crippen molar-refractivity contribution in [3.8, 4) is 0 Å². The minimum Gasteiger partial charge on any atom is -0.385 e. The zero-order chi connectivity index (χ0) is 14.4.